The molecule has 27 heavy (non-hydrogen) atoms. The maximum Gasteiger partial charge on any atom is 0.414 e. The van der Waals surface area contributed by atoms with Gasteiger partial charge in [-0.25, -0.2) is 19.0 Å². The van der Waals surface area contributed by atoms with Crippen molar-refractivity contribution in [3.05, 3.63) is 22.5 Å². The van der Waals surface area contributed by atoms with E-state index in [4.69, 9.17) is 9.47 Å². The van der Waals surface area contributed by atoms with Gasteiger partial charge in [-0.1, -0.05) is 18.6 Å². The number of ether oxygens (including phenoxy) is 2. The van der Waals surface area contributed by atoms with Crippen molar-refractivity contribution in [2.75, 3.05) is 6.61 Å². The molecule has 2 rings (SSSR count). The van der Waals surface area contributed by atoms with Crippen molar-refractivity contribution in [2.45, 2.75) is 39.2 Å². The summed E-state index contributed by atoms with van der Waals surface area (Å²) >= 11 is 0. The van der Waals surface area contributed by atoms with E-state index >= 15 is 0 Å². The smallest absolute Gasteiger partial charge is 0.414 e. The summed E-state index contributed by atoms with van der Waals surface area (Å²) in [7, 11) is 1.39. The number of unbranched alkanes of at least 4 members (excludes halogenated alkanes) is 1. The minimum absolute atomic E-state index is 0.0957. The van der Waals surface area contributed by atoms with Crippen molar-refractivity contribution in [1.82, 2.24) is 29.7 Å². The highest BCUT2D eigenvalue weighted by Crippen LogP contribution is 2.03. The lowest BCUT2D eigenvalue weighted by Gasteiger charge is -2.13. The molecule has 0 spiro atoms. The van der Waals surface area contributed by atoms with Crippen LogP contribution >= 0.6 is 0 Å². The van der Waals surface area contributed by atoms with Gasteiger partial charge in [-0.3, -0.25) is 14.9 Å². The van der Waals surface area contributed by atoms with Gasteiger partial charge in [0.05, 0.1) is 0 Å². The first-order valence-electron chi connectivity index (χ1n) is 8.28. The molecule has 2 amide bonds. The average molecular weight is 380 g/mol. The van der Waals surface area contributed by atoms with Crippen LogP contribution in [0.4, 0.5) is 4.79 Å². The van der Waals surface area contributed by atoms with Gasteiger partial charge in [-0.05, 0) is 13.3 Å². The van der Waals surface area contributed by atoms with Crippen molar-refractivity contribution in [3.8, 4) is 0 Å². The number of alkyl carbamates (subject to hydrolysis) is 1. The lowest BCUT2D eigenvalue weighted by atomic mass is 10.2. The van der Waals surface area contributed by atoms with E-state index in [1.165, 1.54) is 7.05 Å². The number of hydrogen-bond acceptors (Lipinski definition) is 9. The third kappa shape index (κ3) is 5.09. The zero-order valence-corrected chi connectivity index (χ0v) is 15.2. The summed E-state index contributed by atoms with van der Waals surface area (Å²) in [6.07, 6.45) is 1.27. The average Bonchev–Trinajstić information content (AvgIpc) is 3.06. The maximum atomic E-state index is 12.1. The molecular formula is C15H20N6O6. The van der Waals surface area contributed by atoms with Crippen LogP contribution < -0.4 is 11.0 Å². The van der Waals surface area contributed by atoms with Crippen molar-refractivity contribution < 1.29 is 23.9 Å². The lowest BCUT2D eigenvalue weighted by Crippen LogP contribution is -2.34. The molecule has 2 heterocycles. The van der Waals surface area contributed by atoms with Gasteiger partial charge in [-0.15, -0.1) is 5.10 Å². The highest BCUT2D eigenvalue weighted by molar-refractivity contribution is 6.05. The molecule has 0 bridgehead atoms. The summed E-state index contributed by atoms with van der Waals surface area (Å²) < 4.78 is 11.9. The predicted molar refractivity (Wildman–Crippen MR) is 89.9 cm³/mol. The first-order chi connectivity index (χ1) is 12.8. The Kier molecular flexibility index (Phi) is 6.57. The first kappa shape index (κ1) is 20.0. The van der Waals surface area contributed by atoms with Crippen LogP contribution in [-0.4, -0.2) is 55.1 Å². The van der Waals surface area contributed by atoms with Gasteiger partial charge in [0.15, 0.2) is 11.3 Å². The highest BCUT2D eigenvalue weighted by atomic mass is 16.6. The number of hydrogen-bond donors (Lipinski definition) is 1. The molecule has 1 atom stereocenters. The molecule has 2 aromatic heterocycles. The number of esters is 1. The molecule has 2 aromatic rings. The minimum atomic E-state index is -1.05. The Morgan fingerprint density at radius 1 is 1.33 bits per heavy atom. The molecule has 0 saturated carbocycles. The summed E-state index contributed by atoms with van der Waals surface area (Å²) in [6, 6.07) is 0. The van der Waals surface area contributed by atoms with Crippen molar-refractivity contribution in [1.29, 1.82) is 0 Å². The van der Waals surface area contributed by atoms with E-state index in [1.807, 2.05) is 12.2 Å². The number of carbonyl (C=O) groups is 3. The Hall–Kier alpha value is -3.31. The molecule has 1 N–H and O–H groups in total. The van der Waals surface area contributed by atoms with Crippen LogP contribution in [0.25, 0.3) is 5.65 Å². The molecule has 0 saturated heterocycles. The maximum absolute atomic E-state index is 12.1. The van der Waals surface area contributed by atoms with Gasteiger partial charge in [0, 0.05) is 13.5 Å². The van der Waals surface area contributed by atoms with Crippen molar-refractivity contribution >= 4 is 23.6 Å². The van der Waals surface area contributed by atoms with E-state index in [0.29, 0.717) is 12.8 Å². The molecular weight excluding hydrogens is 360 g/mol. The number of imide groups is 1. The van der Waals surface area contributed by atoms with Crippen LogP contribution in [0.3, 0.4) is 0 Å². The molecule has 1 unspecified atom stereocenters. The number of amides is 2. The van der Waals surface area contributed by atoms with Crippen LogP contribution in [0, 0.1) is 0 Å². The zero-order valence-electron chi connectivity index (χ0n) is 15.2. The third-order valence-electron chi connectivity index (χ3n) is 3.45. The molecule has 0 aromatic carbocycles. The molecule has 12 heteroatoms. The molecule has 0 aliphatic carbocycles. The Labute approximate surface area is 153 Å². The lowest BCUT2D eigenvalue weighted by molar-refractivity contribution is -0.150. The van der Waals surface area contributed by atoms with Crippen molar-refractivity contribution in [2.24, 2.45) is 7.05 Å². The number of aromatic nitrogens is 5. The second kappa shape index (κ2) is 8.87. The summed E-state index contributed by atoms with van der Waals surface area (Å²) in [4.78, 5) is 50.9. The van der Waals surface area contributed by atoms with E-state index in [-0.39, 0.29) is 23.9 Å². The SMILES string of the molecule is CCCCC(=O)OC(C)COC(=O)NC(=O)c1ncn2c(=O)n(C)nnc12. The second-order valence-electron chi connectivity index (χ2n) is 5.74. The van der Waals surface area contributed by atoms with Gasteiger partial charge in [0.1, 0.15) is 19.0 Å². The number of rotatable bonds is 7. The number of imidazole rings is 1. The first-order valence-corrected chi connectivity index (χ1v) is 8.28. The molecule has 12 nitrogen and oxygen atoms in total. The Balaban J connectivity index is 1.89. The number of fused-ring (bicyclic) bond motifs is 1. The Morgan fingerprint density at radius 3 is 2.78 bits per heavy atom. The Bertz CT molecular complexity index is 904. The predicted octanol–water partition coefficient (Wildman–Crippen LogP) is -0.189. The van der Waals surface area contributed by atoms with Gasteiger partial charge in [-0.2, -0.15) is 4.68 Å². The van der Waals surface area contributed by atoms with Crippen LogP contribution in [0.2, 0.25) is 0 Å². The van der Waals surface area contributed by atoms with Gasteiger partial charge < -0.3 is 9.47 Å². The van der Waals surface area contributed by atoms with E-state index < -0.39 is 23.8 Å². The van der Waals surface area contributed by atoms with E-state index in [2.05, 4.69) is 15.3 Å². The number of nitrogens with one attached hydrogen (secondary N) is 1. The topological polar surface area (TPSA) is 147 Å². The van der Waals surface area contributed by atoms with Crippen molar-refractivity contribution in [3.63, 3.8) is 0 Å². The summed E-state index contributed by atoms with van der Waals surface area (Å²) in [6.45, 7) is 3.29. The summed E-state index contributed by atoms with van der Waals surface area (Å²) in [5, 5.41) is 9.22. The molecule has 0 radical (unpaired) electrons. The number of nitrogens with zero attached hydrogens (tertiary/aromatic N) is 5. The monoisotopic (exact) mass is 380 g/mol. The minimum Gasteiger partial charge on any atom is -0.459 e. The van der Waals surface area contributed by atoms with Crippen LogP contribution in [-0.2, 0) is 21.3 Å². The zero-order chi connectivity index (χ0) is 20.0. The van der Waals surface area contributed by atoms with Crippen LogP contribution in [0.5, 0.6) is 0 Å². The normalized spacial score (nSPS) is 11.8. The molecule has 0 aliphatic heterocycles. The standard InChI is InChI=1S/C15H20N6O6/c1-4-5-6-10(22)27-9(2)7-26-14(24)17-13(23)11-12-18-19-20(3)15(25)21(12)8-16-11/h8-9H,4-7H2,1-3H3,(H,17,23,24). The molecule has 0 aliphatic rings. The van der Waals surface area contributed by atoms with Gasteiger partial charge in [0.2, 0.25) is 0 Å². The Morgan fingerprint density at radius 2 is 2.07 bits per heavy atom. The fourth-order valence-electron chi connectivity index (χ4n) is 2.06. The fraction of sp³-hybridized carbons (Fsp3) is 0.533. The highest BCUT2D eigenvalue weighted by Gasteiger charge is 2.20. The van der Waals surface area contributed by atoms with Gasteiger partial charge >= 0.3 is 17.8 Å². The quantitative estimate of drug-likeness (QED) is 0.645. The van der Waals surface area contributed by atoms with Crippen LogP contribution in [0.15, 0.2) is 11.1 Å². The molecule has 0 fully saturated rings. The number of aryl methyl sites for hydroxylation is 1. The largest absolute Gasteiger partial charge is 0.459 e. The fourth-order valence-corrected chi connectivity index (χ4v) is 2.06. The molecule has 146 valence electrons. The van der Waals surface area contributed by atoms with E-state index in [1.54, 1.807) is 6.92 Å². The van der Waals surface area contributed by atoms with Gasteiger partial charge in [0.25, 0.3) is 5.91 Å². The second-order valence-corrected chi connectivity index (χ2v) is 5.74. The number of carbonyl (C=O) groups excluding carboxylic acids is 3. The van der Waals surface area contributed by atoms with E-state index in [0.717, 1.165) is 21.8 Å². The summed E-state index contributed by atoms with van der Waals surface area (Å²) in [5.74, 6) is -1.29. The third-order valence-corrected chi connectivity index (χ3v) is 3.45. The van der Waals surface area contributed by atoms with E-state index in [9.17, 15) is 19.2 Å². The summed E-state index contributed by atoms with van der Waals surface area (Å²) in [5.41, 5.74) is -0.898. The van der Waals surface area contributed by atoms with Crippen LogP contribution in [0.1, 0.15) is 43.6 Å².